The maximum Gasteiger partial charge on any atom is 0.369 e. The van der Waals surface area contributed by atoms with Crippen LogP contribution in [0.1, 0.15) is 34.6 Å². The molecule has 1 unspecified atom stereocenters. The van der Waals surface area contributed by atoms with Crippen LogP contribution in [0.15, 0.2) is 12.7 Å². The number of hydrogen-bond acceptors (Lipinski definition) is 10. The molecule has 0 aliphatic rings. The predicted molar refractivity (Wildman–Crippen MR) is 123 cm³/mol. The number of nitrogen functional groups attached to an aromatic ring is 1. The van der Waals surface area contributed by atoms with E-state index in [1.165, 1.54) is 17.4 Å². The van der Waals surface area contributed by atoms with E-state index in [9.17, 15) is 4.57 Å². The van der Waals surface area contributed by atoms with Crippen LogP contribution in [0.5, 0.6) is 0 Å². The van der Waals surface area contributed by atoms with Crippen molar-refractivity contribution in [1.29, 1.82) is 0 Å². The highest BCUT2D eigenvalue weighted by Crippen LogP contribution is 2.38. The summed E-state index contributed by atoms with van der Waals surface area (Å²) in [5, 5.41) is -0.0393. The van der Waals surface area contributed by atoms with E-state index < -0.39 is 28.6 Å². The summed E-state index contributed by atoms with van der Waals surface area (Å²) in [6.45, 7) is 14.9. The van der Waals surface area contributed by atoms with Crippen molar-refractivity contribution < 1.29 is 28.0 Å². The van der Waals surface area contributed by atoms with Crippen molar-refractivity contribution in [3.63, 3.8) is 0 Å². The van der Waals surface area contributed by atoms with Gasteiger partial charge in [-0.1, -0.05) is 20.8 Å². The molecular formula is C19H34N5O6PSi. The van der Waals surface area contributed by atoms with Gasteiger partial charge in [0.25, 0.3) is 8.46 Å². The quantitative estimate of drug-likeness (QED) is 0.255. The van der Waals surface area contributed by atoms with Crippen molar-refractivity contribution in [2.24, 2.45) is 0 Å². The molecule has 32 heavy (non-hydrogen) atoms. The van der Waals surface area contributed by atoms with Crippen LogP contribution in [-0.2, 0) is 23.2 Å². The van der Waals surface area contributed by atoms with Crippen LogP contribution in [0, 0.1) is 0 Å². The van der Waals surface area contributed by atoms with Gasteiger partial charge in [-0.05, 0) is 32.0 Å². The molecule has 0 bridgehead atoms. The molecule has 2 heterocycles. The lowest BCUT2D eigenvalue weighted by molar-refractivity contribution is -0.323. The number of hydrogen-bond donors (Lipinski definition) is 1. The molecule has 13 heteroatoms. The molecule has 0 saturated carbocycles. The zero-order valence-corrected chi connectivity index (χ0v) is 21.7. The lowest BCUT2D eigenvalue weighted by Gasteiger charge is -2.39. The molecule has 2 aromatic rings. The van der Waals surface area contributed by atoms with Gasteiger partial charge >= 0.3 is 5.71 Å². The number of aromatic nitrogens is 4. The molecule has 11 nitrogen and oxygen atoms in total. The van der Waals surface area contributed by atoms with Gasteiger partial charge in [0.05, 0.1) is 19.8 Å². The van der Waals surface area contributed by atoms with Crippen LogP contribution in [-0.4, -0.2) is 66.2 Å². The number of rotatable bonds is 13. The monoisotopic (exact) mass is 487 g/mol. The van der Waals surface area contributed by atoms with Gasteiger partial charge in [-0.3, -0.25) is 4.57 Å². The van der Waals surface area contributed by atoms with Gasteiger partial charge < -0.3 is 29.2 Å². The zero-order chi connectivity index (χ0) is 24.0. The Kier molecular flexibility index (Phi) is 9.09. The molecule has 2 rings (SSSR count). The molecule has 0 spiro atoms. The summed E-state index contributed by atoms with van der Waals surface area (Å²) < 4.78 is 36.5. The number of anilines is 1. The van der Waals surface area contributed by atoms with Crippen molar-refractivity contribution in [3.8, 4) is 0 Å². The minimum atomic E-state index is -2.19. The highest BCUT2D eigenvalue weighted by molar-refractivity contribution is 7.25. The smallest absolute Gasteiger partial charge is 0.369 e. The molecule has 2 aromatic heterocycles. The average molecular weight is 488 g/mol. The van der Waals surface area contributed by atoms with E-state index >= 15 is 0 Å². The molecule has 1 atom stereocenters. The number of ether oxygens (including phenoxy) is 3. The molecule has 0 radical (unpaired) electrons. The van der Waals surface area contributed by atoms with Gasteiger partial charge in [0.1, 0.15) is 25.4 Å². The standard InChI is InChI=1S/C19H34N5O6PSi/c1-8-26-19(31-25,27-9-2)28-10-14(30-32(6,7)18(3,4)5)11-29-24-13-23-15-16(20)21-12-22-17(15)24/h12-14H,8-11H2,1-7H3,(H2,20,21,22). The van der Waals surface area contributed by atoms with Gasteiger partial charge in [-0.25, -0.2) is 15.0 Å². The van der Waals surface area contributed by atoms with E-state index in [1.807, 2.05) is 0 Å². The number of nitrogens with zero attached hydrogens (tertiary/aromatic N) is 4. The van der Waals surface area contributed by atoms with E-state index in [-0.39, 0.29) is 37.3 Å². The second kappa shape index (κ2) is 11.0. The minimum absolute atomic E-state index is 0.0332. The summed E-state index contributed by atoms with van der Waals surface area (Å²) in [5.74, 6) is 0.266. The average Bonchev–Trinajstić information content (AvgIpc) is 3.13. The van der Waals surface area contributed by atoms with E-state index in [0.717, 1.165) is 0 Å². The Labute approximate surface area is 191 Å². The third-order valence-electron chi connectivity index (χ3n) is 5.22. The Hall–Kier alpha value is -1.69. The summed E-state index contributed by atoms with van der Waals surface area (Å²) in [7, 11) is -2.62. The Balaban J connectivity index is 2.21. The molecule has 0 aliphatic heterocycles. The zero-order valence-electron chi connectivity index (χ0n) is 19.8. The Morgan fingerprint density at radius 2 is 1.75 bits per heavy atom. The largest absolute Gasteiger partial charge is 0.408 e. The first-order valence-electron chi connectivity index (χ1n) is 10.5. The molecule has 0 aromatic carbocycles. The van der Waals surface area contributed by atoms with Gasteiger partial charge in [0.2, 0.25) is 5.65 Å². The Morgan fingerprint density at radius 1 is 1.09 bits per heavy atom. The first kappa shape index (κ1) is 26.6. The first-order chi connectivity index (χ1) is 15.0. The summed E-state index contributed by atoms with van der Waals surface area (Å²) in [5.41, 5.74) is 5.04. The SMILES string of the molecule is CCOC(OCC)(OCC(COn1cnc2c(N)ncnc21)O[Si](C)(C)C(C)(C)C)P=O. The maximum atomic E-state index is 11.8. The van der Waals surface area contributed by atoms with Crippen molar-refractivity contribution in [2.45, 2.75) is 64.6 Å². The third kappa shape index (κ3) is 6.43. The fourth-order valence-corrected chi connectivity index (χ4v) is 4.38. The maximum absolute atomic E-state index is 11.8. The van der Waals surface area contributed by atoms with Crippen LogP contribution in [0.25, 0.3) is 11.2 Å². The van der Waals surface area contributed by atoms with Gasteiger partial charge in [-0.15, -0.1) is 0 Å². The first-order valence-corrected chi connectivity index (χ1v) is 14.2. The fourth-order valence-electron chi connectivity index (χ4n) is 2.57. The minimum Gasteiger partial charge on any atom is -0.408 e. The van der Waals surface area contributed by atoms with Crippen LogP contribution in [0.3, 0.4) is 0 Å². The Morgan fingerprint density at radius 3 is 2.31 bits per heavy atom. The molecular weight excluding hydrogens is 453 g/mol. The molecule has 180 valence electrons. The summed E-state index contributed by atoms with van der Waals surface area (Å²) in [6.07, 6.45) is 2.31. The summed E-state index contributed by atoms with van der Waals surface area (Å²) >= 11 is 0. The molecule has 2 N–H and O–H groups in total. The van der Waals surface area contributed by atoms with Crippen molar-refractivity contribution >= 4 is 33.8 Å². The summed E-state index contributed by atoms with van der Waals surface area (Å²) in [6, 6.07) is 0. The highest BCUT2D eigenvalue weighted by Gasteiger charge is 2.41. The predicted octanol–water partition coefficient (Wildman–Crippen LogP) is 3.22. The highest BCUT2D eigenvalue weighted by atomic mass is 31.1. The van der Waals surface area contributed by atoms with Crippen LogP contribution < -0.4 is 10.6 Å². The fraction of sp³-hybridized carbons (Fsp3) is 0.737. The van der Waals surface area contributed by atoms with Crippen molar-refractivity contribution in [1.82, 2.24) is 19.7 Å². The molecule has 0 saturated heterocycles. The number of nitrogens with two attached hydrogens (primary N) is 1. The van der Waals surface area contributed by atoms with Gasteiger partial charge in [0, 0.05) is 0 Å². The van der Waals surface area contributed by atoms with Crippen LogP contribution in [0.4, 0.5) is 5.82 Å². The second-order valence-corrected chi connectivity index (χ2v) is 14.1. The lowest BCUT2D eigenvalue weighted by atomic mass is 10.2. The van der Waals surface area contributed by atoms with Crippen molar-refractivity contribution in [3.05, 3.63) is 12.7 Å². The van der Waals surface area contributed by atoms with Gasteiger partial charge in [-0.2, -0.15) is 4.73 Å². The van der Waals surface area contributed by atoms with E-state index in [2.05, 4.69) is 48.8 Å². The molecule has 0 fully saturated rings. The topological polar surface area (TPSA) is 133 Å². The third-order valence-corrected chi connectivity index (χ3v) is 10.4. The van der Waals surface area contributed by atoms with E-state index in [4.69, 9.17) is 29.2 Å². The molecule has 0 amide bonds. The summed E-state index contributed by atoms with van der Waals surface area (Å²) in [4.78, 5) is 18.2. The normalized spacial score (nSPS) is 14.2. The number of fused-ring (bicyclic) bond motifs is 1. The second-order valence-electron chi connectivity index (χ2n) is 8.59. The van der Waals surface area contributed by atoms with Crippen molar-refractivity contribution in [2.75, 3.05) is 32.2 Å². The number of imidazole rings is 1. The molecule has 0 aliphatic carbocycles. The van der Waals surface area contributed by atoms with Crippen LogP contribution in [0.2, 0.25) is 18.1 Å². The lowest BCUT2D eigenvalue weighted by Crippen LogP contribution is -2.48. The van der Waals surface area contributed by atoms with E-state index in [1.54, 1.807) is 13.8 Å². The van der Waals surface area contributed by atoms with Gasteiger partial charge in [0.15, 0.2) is 19.7 Å². The van der Waals surface area contributed by atoms with Crippen LogP contribution >= 0.6 is 8.46 Å². The van der Waals surface area contributed by atoms with E-state index in [0.29, 0.717) is 11.2 Å². The Bertz CT molecular complexity index is 885.